The summed E-state index contributed by atoms with van der Waals surface area (Å²) in [6, 6.07) is 0. The fourth-order valence-electron chi connectivity index (χ4n) is 1.54. The average Bonchev–Trinajstić information content (AvgIpc) is 2.56. The Kier molecular flexibility index (Phi) is 5.22. The van der Waals surface area contributed by atoms with Crippen LogP contribution in [0.3, 0.4) is 0 Å². The summed E-state index contributed by atoms with van der Waals surface area (Å²) in [6.07, 6.45) is 3.74. The lowest BCUT2D eigenvalue weighted by Gasteiger charge is -2.18. The molecule has 0 N–H and O–H groups in total. The first-order chi connectivity index (χ1) is 7.69. The molecule has 0 fully saturated rings. The monoisotopic (exact) mass is 238 g/mol. The summed E-state index contributed by atoms with van der Waals surface area (Å²) in [4.78, 5) is 13.8. The fraction of sp³-hybridized carbons (Fsp3) is 0.417. The SMILES string of the molecule is C=CCN(CC=C)CCn1c(C)csc1=O. The van der Waals surface area contributed by atoms with E-state index in [4.69, 9.17) is 0 Å². The van der Waals surface area contributed by atoms with E-state index in [9.17, 15) is 4.79 Å². The van der Waals surface area contributed by atoms with Crippen LogP contribution in [-0.4, -0.2) is 29.1 Å². The Morgan fingerprint density at radius 2 is 2.06 bits per heavy atom. The number of thiazole rings is 1. The third-order valence-electron chi connectivity index (χ3n) is 2.39. The Morgan fingerprint density at radius 1 is 1.44 bits per heavy atom. The number of nitrogens with zero attached hydrogens (tertiary/aromatic N) is 2. The van der Waals surface area contributed by atoms with Gasteiger partial charge in [-0.2, -0.15) is 0 Å². The van der Waals surface area contributed by atoms with Crippen LogP contribution in [0.15, 0.2) is 35.5 Å². The van der Waals surface area contributed by atoms with Gasteiger partial charge in [-0.3, -0.25) is 9.69 Å². The van der Waals surface area contributed by atoms with Gasteiger partial charge in [-0.05, 0) is 6.92 Å². The van der Waals surface area contributed by atoms with Gasteiger partial charge < -0.3 is 4.57 Å². The first-order valence-electron chi connectivity index (χ1n) is 5.28. The molecule has 0 aliphatic carbocycles. The summed E-state index contributed by atoms with van der Waals surface area (Å²) in [5.74, 6) is 0. The van der Waals surface area contributed by atoms with Crippen molar-refractivity contribution in [2.75, 3.05) is 19.6 Å². The molecule has 0 radical (unpaired) electrons. The summed E-state index contributed by atoms with van der Waals surface area (Å²) in [5.41, 5.74) is 1.03. The van der Waals surface area contributed by atoms with Crippen LogP contribution in [-0.2, 0) is 6.54 Å². The van der Waals surface area contributed by atoms with Crippen molar-refractivity contribution in [1.82, 2.24) is 9.47 Å². The third-order valence-corrected chi connectivity index (χ3v) is 3.27. The smallest absolute Gasteiger partial charge is 0.302 e. The zero-order valence-corrected chi connectivity index (χ0v) is 10.5. The molecule has 1 heterocycles. The molecular weight excluding hydrogens is 220 g/mol. The van der Waals surface area contributed by atoms with Crippen molar-refractivity contribution in [3.8, 4) is 0 Å². The van der Waals surface area contributed by atoms with Gasteiger partial charge in [0.2, 0.25) is 0 Å². The van der Waals surface area contributed by atoms with Gasteiger partial charge in [-0.1, -0.05) is 23.5 Å². The highest BCUT2D eigenvalue weighted by atomic mass is 32.1. The van der Waals surface area contributed by atoms with Gasteiger partial charge in [0, 0.05) is 37.3 Å². The van der Waals surface area contributed by atoms with Gasteiger partial charge in [-0.15, -0.1) is 13.2 Å². The van der Waals surface area contributed by atoms with Gasteiger partial charge in [0.05, 0.1) is 0 Å². The van der Waals surface area contributed by atoms with Gasteiger partial charge in [0.25, 0.3) is 0 Å². The summed E-state index contributed by atoms with van der Waals surface area (Å²) >= 11 is 1.26. The summed E-state index contributed by atoms with van der Waals surface area (Å²) in [6.45, 7) is 12.6. The molecule has 1 rings (SSSR count). The van der Waals surface area contributed by atoms with E-state index >= 15 is 0 Å². The second-order valence-electron chi connectivity index (χ2n) is 3.63. The van der Waals surface area contributed by atoms with E-state index in [1.807, 2.05) is 29.0 Å². The highest BCUT2D eigenvalue weighted by Crippen LogP contribution is 2.00. The molecule has 0 aliphatic rings. The molecule has 88 valence electrons. The molecule has 1 aromatic rings. The molecule has 0 atom stereocenters. The Bertz CT molecular complexity index is 395. The number of aromatic nitrogens is 1. The summed E-state index contributed by atoms with van der Waals surface area (Å²) in [7, 11) is 0. The fourth-order valence-corrected chi connectivity index (χ4v) is 2.30. The van der Waals surface area contributed by atoms with E-state index in [1.165, 1.54) is 11.3 Å². The molecular formula is C12H18N2OS. The van der Waals surface area contributed by atoms with Crippen molar-refractivity contribution in [2.24, 2.45) is 0 Å². The molecule has 3 nitrogen and oxygen atoms in total. The van der Waals surface area contributed by atoms with Crippen LogP contribution in [0.5, 0.6) is 0 Å². The lowest BCUT2D eigenvalue weighted by molar-refractivity contribution is 0.317. The lowest BCUT2D eigenvalue weighted by atomic mass is 10.4. The normalized spacial score (nSPS) is 10.6. The Morgan fingerprint density at radius 3 is 2.50 bits per heavy atom. The highest BCUT2D eigenvalue weighted by Gasteiger charge is 2.05. The first-order valence-corrected chi connectivity index (χ1v) is 6.16. The molecule has 0 amide bonds. The molecule has 0 aliphatic heterocycles. The minimum atomic E-state index is 0.120. The van der Waals surface area contributed by atoms with Crippen LogP contribution >= 0.6 is 11.3 Å². The second-order valence-corrected chi connectivity index (χ2v) is 4.45. The van der Waals surface area contributed by atoms with Crippen molar-refractivity contribution in [3.63, 3.8) is 0 Å². The molecule has 0 unspecified atom stereocenters. The van der Waals surface area contributed by atoms with Gasteiger partial charge in [0.1, 0.15) is 0 Å². The highest BCUT2D eigenvalue weighted by molar-refractivity contribution is 7.07. The molecule has 0 aromatic carbocycles. The predicted molar refractivity (Wildman–Crippen MR) is 70.2 cm³/mol. The van der Waals surface area contributed by atoms with Gasteiger partial charge >= 0.3 is 4.87 Å². The standard InChI is InChI=1S/C12H18N2OS/c1-4-6-13(7-5-2)8-9-14-11(3)10-16-12(14)15/h4-5,10H,1-2,6-9H2,3H3. The van der Waals surface area contributed by atoms with Crippen LogP contribution in [0.25, 0.3) is 0 Å². The van der Waals surface area contributed by atoms with E-state index in [0.29, 0.717) is 0 Å². The lowest BCUT2D eigenvalue weighted by Crippen LogP contribution is -2.30. The summed E-state index contributed by atoms with van der Waals surface area (Å²) in [5, 5.41) is 1.90. The second kappa shape index (κ2) is 6.45. The van der Waals surface area contributed by atoms with E-state index < -0.39 is 0 Å². The van der Waals surface area contributed by atoms with Crippen LogP contribution in [0.4, 0.5) is 0 Å². The Labute approximate surface area is 100 Å². The molecule has 0 bridgehead atoms. The molecule has 16 heavy (non-hydrogen) atoms. The Hall–Kier alpha value is -1.13. The zero-order chi connectivity index (χ0) is 12.0. The number of hydrogen-bond donors (Lipinski definition) is 0. The molecule has 1 aromatic heterocycles. The maximum absolute atomic E-state index is 11.5. The topological polar surface area (TPSA) is 25.2 Å². The van der Waals surface area contributed by atoms with E-state index in [-0.39, 0.29) is 4.87 Å². The van der Waals surface area contributed by atoms with Crippen molar-refractivity contribution in [1.29, 1.82) is 0 Å². The van der Waals surface area contributed by atoms with E-state index in [2.05, 4.69) is 18.1 Å². The molecule has 4 heteroatoms. The Balaban J connectivity index is 2.57. The van der Waals surface area contributed by atoms with Crippen LogP contribution < -0.4 is 4.87 Å². The van der Waals surface area contributed by atoms with Crippen molar-refractivity contribution >= 4 is 11.3 Å². The third kappa shape index (κ3) is 3.47. The van der Waals surface area contributed by atoms with Gasteiger partial charge in [0.15, 0.2) is 0 Å². The van der Waals surface area contributed by atoms with Crippen molar-refractivity contribution in [3.05, 3.63) is 46.1 Å². The van der Waals surface area contributed by atoms with Crippen LogP contribution in [0.2, 0.25) is 0 Å². The average molecular weight is 238 g/mol. The number of hydrogen-bond acceptors (Lipinski definition) is 3. The van der Waals surface area contributed by atoms with Crippen LogP contribution in [0.1, 0.15) is 5.69 Å². The van der Waals surface area contributed by atoms with E-state index in [0.717, 1.165) is 31.9 Å². The van der Waals surface area contributed by atoms with Crippen molar-refractivity contribution < 1.29 is 0 Å². The number of aryl methyl sites for hydroxylation is 1. The van der Waals surface area contributed by atoms with Crippen molar-refractivity contribution in [2.45, 2.75) is 13.5 Å². The minimum absolute atomic E-state index is 0.120. The van der Waals surface area contributed by atoms with Crippen LogP contribution in [0, 0.1) is 6.92 Å². The maximum Gasteiger partial charge on any atom is 0.307 e. The first kappa shape index (κ1) is 12.9. The van der Waals surface area contributed by atoms with Gasteiger partial charge in [-0.25, -0.2) is 0 Å². The zero-order valence-electron chi connectivity index (χ0n) is 9.69. The maximum atomic E-state index is 11.5. The number of rotatable bonds is 7. The summed E-state index contributed by atoms with van der Waals surface area (Å²) < 4.78 is 1.81. The largest absolute Gasteiger partial charge is 0.307 e. The quantitative estimate of drug-likeness (QED) is 0.678. The minimum Gasteiger partial charge on any atom is -0.302 e. The predicted octanol–water partition coefficient (Wildman–Crippen LogP) is 1.89. The molecule has 0 saturated heterocycles. The molecule has 0 saturated carbocycles. The molecule has 0 spiro atoms. The van der Waals surface area contributed by atoms with E-state index in [1.54, 1.807) is 0 Å².